The summed E-state index contributed by atoms with van der Waals surface area (Å²) in [5.41, 5.74) is -0.901. The molecule has 2 aromatic heterocycles. The number of ether oxygens (including phenoxy) is 2. The van der Waals surface area contributed by atoms with E-state index in [-0.39, 0.29) is 51.8 Å². The van der Waals surface area contributed by atoms with Gasteiger partial charge in [-0.2, -0.15) is 18.2 Å². The molecule has 3 heterocycles. The van der Waals surface area contributed by atoms with E-state index >= 15 is 8.78 Å². The Kier molecular flexibility index (Phi) is 8.16. The molecule has 0 spiro atoms. The summed E-state index contributed by atoms with van der Waals surface area (Å²) in [5, 5.41) is 9.56. The Bertz CT molecular complexity index is 2010. The zero-order valence-electron chi connectivity index (χ0n) is 24.9. The molecule has 6 rings (SSSR count). The van der Waals surface area contributed by atoms with Crippen molar-refractivity contribution in [2.45, 2.75) is 39.1 Å². The molecule has 0 aliphatic carbocycles. The van der Waals surface area contributed by atoms with Gasteiger partial charge in [0.1, 0.15) is 29.9 Å². The fourth-order valence-corrected chi connectivity index (χ4v) is 5.56. The normalized spacial score (nSPS) is 16.1. The van der Waals surface area contributed by atoms with Crippen LogP contribution in [-0.2, 0) is 23.9 Å². The number of halogens is 6. The molecule has 1 atom stereocenters. The Hall–Kier alpha value is -4.98. The summed E-state index contributed by atoms with van der Waals surface area (Å²) in [7, 11) is 0. The zero-order valence-corrected chi connectivity index (χ0v) is 24.9. The number of nitrogens with zero attached hydrogens (tertiary/aromatic N) is 4. The number of rotatable bonds is 8. The van der Waals surface area contributed by atoms with Crippen LogP contribution in [0.15, 0.2) is 60.8 Å². The van der Waals surface area contributed by atoms with Gasteiger partial charge in [-0.25, -0.2) is 27.9 Å². The lowest BCUT2D eigenvalue weighted by atomic mass is 9.87. The van der Waals surface area contributed by atoms with Crippen LogP contribution in [0.25, 0.3) is 22.3 Å². The fourth-order valence-electron chi connectivity index (χ4n) is 5.56. The Morgan fingerprint density at radius 2 is 1.77 bits per heavy atom. The van der Waals surface area contributed by atoms with Gasteiger partial charge in [-0.05, 0) is 54.1 Å². The van der Waals surface area contributed by atoms with Crippen LogP contribution in [0.5, 0.6) is 6.01 Å². The van der Waals surface area contributed by atoms with E-state index < -0.39 is 41.8 Å². The molecule has 47 heavy (non-hydrogen) atoms. The van der Waals surface area contributed by atoms with Gasteiger partial charge in [0.05, 0.1) is 47.1 Å². The number of imidazole rings is 1. The van der Waals surface area contributed by atoms with Crippen LogP contribution in [0, 0.1) is 22.9 Å². The molecule has 1 N–H and O–H groups in total. The summed E-state index contributed by atoms with van der Waals surface area (Å²) in [6.45, 7) is 4.24. The Labute approximate surface area is 263 Å². The van der Waals surface area contributed by atoms with Crippen molar-refractivity contribution in [3.05, 3.63) is 106 Å². The molecule has 3 aromatic carbocycles. The van der Waals surface area contributed by atoms with Gasteiger partial charge in [-0.1, -0.05) is 19.9 Å². The van der Waals surface area contributed by atoms with Crippen molar-refractivity contribution in [1.29, 1.82) is 0 Å². The Morgan fingerprint density at radius 1 is 1.00 bits per heavy atom. The van der Waals surface area contributed by atoms with Gasteiger partial charge in [0.15, 0.2) is 0 Å². The highest BCUT2D eigenvalue weighted by Crippen LogP contribution is 2.41. The molecule has 1 aliphatic rings. The van der Waals surface area contributed by atoms with Crippen molar-refractivity contribution in [2.75, 3.05) is 13.2 Å². The van der Waals surface area contributed by atoms with Crippen LogP contribution < -0.4 is 4.74 Å². The number of carboxylic acids is 1. The molecule has 0 amide bonds. The predicted molar refractivity (Wildman–Crippen MR) is 156 cm³/mol. The maximum atomic E-state index is 15.6. The molecule has 0 saturated carbocycles. The first-order valence-electron chi connectivity index (χ1n) is 14.3. The summed E-state index contributed by atoms with van der Waals surface area (Å²) in [6, 6.07) is 9.20. The predicted octanol–water partition coefficient (Wildman–Crippen LogP) is 7.39. The van der Waals surface area contributed by atoms with Gasteiger partial charge in [0.2, 0.25) is 0 Å². The molecule has 5 aromatic rings. The van der Waals surface area contributed by atoms with Crippen LogP contribution >= 0.6 is 0 Å². The van der Waals surface area contributed by atoms with Crippen molar-refractivity contribution >= 4 is 17.0 Å². The minimum Gasteiger partial charge on any atom is -0.478 e. The van der Waals surface area contributed by atoms with Crippen LogP contribution in [0.1, 0.15) is 52.8 Å². The molecule has 8 nitrogen and oxygen atoms in total. The summed E-state index contributed by atoms with van der Waals surface area (Å²) >= 11 is 0. The van der Waals surface area contributed by atoms with E-state index in [2.05, 4.69) is 15.0 Å². The highest BCUT2D eigenvalue weighted by Gasteiger charge is 2.39. The number of hydrogen-bond donors (Lipinski definition) is 1. The lowest BCUT2D eigenvalue weighted by molar-refractivity contribution is -0.137. The quantitative estimate of drug-likeness (QED) is 0.174. The summed E-state index contributed by atoms with van der Waals surface area (Å²) in [6.07, 6.45) is -3.62. The number of alkyl halides is 3. The van der Waals surface area contributed by atoms with Gasteiger partial charge in [-0.15, -0.1) is 0 Å². The molecule has 1 aliphatic heterocycles. The van der Waals surface area contributed by atoms with E-state index in [0.717, 1.165) is 18.2 Å². The maximum absolute atomic E-state index is 15.6. The third kappa shape index (κ3) is 6.37. The SMILES string of the molecule is CC1(C)COCC1n1c(Cc2cc(F)c(-c3ccnc(OCc4ccc(C(F)(F)F)cc4F)n3)cc2F)nc2ccc(C(=O)O)cc21. The highest BCUT2D eigenvalue weighted by molar-refractivity contribution is 5.92. The molecule has 244 valence electrons. The fraction of sp³-hybridized carbons (Fsp3) is 0.273. The molecular weight excluding hydrogens is 630 g/mol. The second-order valence-electron chi connectivity index (χ2n) is 11.8. The van der Waals surface area contributed by atoms with E-state index in [9.17, 15) is 27.5 Å². The first-order chi connectivity index (χ1) is 22.2. The van der Waals surface area contributed by atoms with E-state index in [4.69, 9.17) is 9.47 Å². The molecular formula is C33H26F6N4O4. The summed E-state index contributed by atoms with van der Waals surface area (Å²) in [4.78, 5) is 24.3. The molecule has 1 saturated heterocycles. The molecule has 1 unspecified atom stereocenters. The zero-order chi connectivity index (χ0) is 33.7. The number of hydrogen-bond acceptors (Lipinski definition) is 6. The topological polar surface area (TPSA) is 99.4 Å². The van der Waals surface area contributed by atoms with Crippen molar-refractivity contribution < 1.29 is 45.7 Å². The second-order valence-corrected chi connectivity index (χ2v) is 11.8. The highest BCUT2D eigenvalue weighted by atomic mass is 19.4. The van der Waals surface area contributed by atoms with Crippen molar-refractivity contribution in [1.82, 2.24) is 19.5 Å². The average molecular weight is 657 g/mol. The van der Waals surface area contributed by atoms with Crippen LogP contribution in [-0.4, -0.2) is 43.8 Å². The Morgan fingerprint density at radius 3 is 2.45 bits per heavy atom. The largest absolute Gasteiger partial charge is 0.478 e. The molecule has 1 fully saturated rings. The third-order valence-corrected chi connectivity index (χ3v) is 8.10. The first-order valence-corrected chi connectivity index (χ1v) is 14.3. The lowest BCUT2D eigenvalue weighted by Gasteiger charge is -2.28. The van der Waals surface area contributed by atoms with Crippen LogP contribution in [0.2, 0.25) is 0 Å². The average Bonchev–Trinajstić information content (AvgIpc) is 3.54. The number of carboxylic acid groups (broad SMARTS) is 1. The first kappa shape index (κ1) is 32.0. The second kappa shape index (κ2) is 12.0. The smallest absolute Gasteiger partial charge is 0.416 e. The molecule has 0 radical (unpaired) electrons. The minimum absolute atomic E-state index is 0.0127. The Balaban J connectivity index is 1.28. The molecule has 0 bridgehead atoms. The number of carbonyl (C=O) groups is 1. The lowest BCUT2D eigenvalue weighted by Crippen LogP contribution is -2.27. The van der Waals surface area contributed by atoms with Crippen LogP contribution in [0.4, 0.5) is 26.3 Å². The van der Waals surface area contributed by atoms with Gasteiger partial charge in [-0.3, -0.25) is 0 Å². The van der Waals surface area contributed by atoms with Gasteiger partial charge in [0.25, 0.3) is 0 Å². The standard InChI is InChI=1S/C33H26F6N4O4/c1-32(2)16-46-15-28(32)43-27-10-17(30(44)45)4-6-26(27)41-29(43)11-19-9-24(36)21(13-23(19)35)25-7-8-40-31(42-25)47-14-18-3-5-20(12-22(18)34)33(37,38)39/h3-10,12-13,28H,11,14-16H2,1-2H3,(H,44,45). The minimum atomic E-state index is -4.71. The molecule has 14 heteroatoms. The van der Waals surface area contributed by atoms with Crippen molar-refractivity contribution in [2.24, 2.45) is 5.41 Å². The van der Waals surface area contributed by atoms with E-state index in [0.29, 0.717) is 42.2 Å². The van der Waals surface area contributed by atoms with Crippen LogP contribution in [0.3, 0.4) is 0 Å². The monoisotopic (exact) mass is 656 g/mol. The van der Waals surface area contributed by atoms with Crippen molar-refractivity contribution in [3.8, 4) is 17.3 Å². The summed E-state index contributed by atoms with van der Waals surface area (Å²) < 4.78 is 96.8. The maximum Gasteiger partial charge on any atom is 0.416 e. The number of aromatic nitrogens is 4. The number of benzene rings is 3. The van der Waals surface area contributed by atoms with Gasteiger partial charge < -0.3 is 19.1 Å². The van der Waals surface area contributed by atoms with E-state index in [1.54, 1.807) is 6.07 Å². The van der Waals surface area contributed by atoms with Gasteiger partial charge in [0, 0.05) is 29.2 Å². The van der Waals surface area contributed by atoms with Gasteiger partial charge >= 0.3 is 18.2 Å². The van der Waals surface area contributed by atoms with E-state index in [1.165, 1.54) is 24.4 Å². The summed E-state index contributed by atoms with van der Waals surface area (Å²) in [5.74, 6) is -3.44. The van der Waals surface area contributed by atoms with E-state index in [1.807, 2.05) is 18.4 Å². The van der Waals surface area contributed by atoms with Crippen molar-refractivity contribution in [3.63, 3.8) is 0 Å². The number of fused-ring (bicyclic) bond motifs is 1. The number of aromatic carboxylic acids is 1. The third-order valence-electron chi connectivity index (χ3n) is 8.10.